The molecule has 0 saturated carbocycles. The molecule has 0 N–H and O–H groups in total. The molecule has 1 unspecified atom stereocenters. The van der Waals surface area contributed by atoms with Crippen molar-refractivity contribution in [2.75, 3.05) is 6.54 Å². The van der Waals surface area contributed by atoms with E-state index in [4.69, 9.17) is 5.26 Å². The van der Waals surface area contributed by atoms with Crippen LogP contribution in [0.3, 0.4) is 0 Å². The fourth-order valence-electron chi connectivity index (χ4n) is 0.168. The first kappa shape index (κ1) is 6.69. The maximum Gasteiger partial charge on any atom is 0.200 e. The number of nitrogens with zero attached hydrogens (tertiary/aromatic N) is 3. The van der Waals surface area contributed by atoms with E-state index in [1.807, 2.05) is 0 Å². The molecule has 0 aliphatic heterocycles. The van der Waals surface area contributed by atoms with Gasteiger partial charge in [-0.1, -0.05) is 5.18 Å². The van der Waals surface area contributed by atoms with Crippen LogP contribution in [-0.2, 0) is 0 Å². The molecule has 42 valence electrons. The van der Waals surface area contributed by atoms with Crippen molar-refractivity contribution in [2.24, 2.45) is 10.4 Å². The van der Waals surface area contributed by atoms with Crippen molar-refractivity contribution < 1.29 is 0 Å². The Hall–Kier alpha value is -1.31. The summed E-state index contributed by atoms with van der Waals surface area (Å²) in [6.07, 6.45) is 0. The zero-order valence-corrected chi connectivity index (χ0v) is 3.94. The van der Waals surface area contributed by atoms with Crippen LogP contribution in [0.5, 0.6) is 0 Å². The van der Waals surface area contributed by atoms with E-state index in [2.05, 4.69) is 10.4 Å². The predicted octanol–water partition coefficient (Wildman–Crippen LogP) is 0.411. The summed E-state index contributed by atoms with van der Waals surface area (Å²) in [6, 6.07) is 0.376. The van der Waals surface area contributed by atoms with Crippen molar-refractivity contribution in [3.63, 3.8) is 0 Å². The quantitative estimate of drug-likeness (QED) is 0.497. The lowest BCUT2D eigenvalue weighted by Crippen LogP contribution is -2.02. The molecule has 0 radical (unpaired) electrons. The summed E-state index contributed by atoms with van der Waals surface area (Å²) in [6.45, 7) is -0.347. The maximum absolute atomic E-state index is 9.45. The van der Waals surface area contributed by atoms with Gasteiger partial charge in [-0.15, -0.1) is 4.91 Å². The van der Waals surface area contributed by atoms with Gasteiger partial charge in [-0.25, -0.2) is 0 Å². The molecule has 0 aromatic carbocycles. The average Bonchev–Trinajstić information content (AvgIpc) is 1.83. The summed E-state index contributed by atoms with van der Waals surface area (Å²) < 4.78 is 0. The lowest BCUT2D eigenvalue weighted by molar-refractivity contribution is 0.827. The molecule has 0 fully saturated rings. The number of nitriles is 1. The summed E-state index contributed by atoms with van der Waals surface area (Å²) in [5.74, 6) is 0. The average molecular weight is 113 g/mol. The minimum absolute atomic E-state index is 0.347. The Morgan fingerprint density at radius 2 is 2.25 bits per heavy atom. The molecule has 0 aliphatic carbocycles. The smallest absolute Gasteiger partial charge is 0.196 e. The molecule has 0 spiro atoms. The Balaban J connectivity index is 3.56. The van der Waals surface area contributed by atoms with Crippen molar-refractivity contribution in [2.45, 2.75) is 6.04 Å². The van der Waals surface area contributed by atoms with Gasteiger partial charge in [0, 0.05) is 0 Å². The molecule has 0 rings (SSSR count). The van der Waals surface area contributed by atoms with Crippen molar-refractivity contribution in [3.8, 4) is 6.07 Å². The van der Waals surface area contributed by atoms with Crippen molar-refractivity contribution in [1.29, 1.82) is 5.26 Å². The summed E-state index contributed by atoms with van der Waals surface area (Å²) in [5, 5.41) is 12.5. The monoisotopic (exact) mass is 113 g/mol. The second-order valence-corrected chi connectivity index (χ2v) is 1.06. The van der Waals surface area contributed by atoms with Crippen LogP contribution in [0.15, 0.2) is 10.4 Å². The summed E-state index contributed by atoms with van der Waals surface area (Å²) in [7, 11) is 0. The Bertz CT molecular complexity index is 127. The van der Waals surface area contributed by atoms with Gasteiger partial charge < -0.3 is 0 Å². The molecule has 0 aromatic rings. The summed E-state index contributed by atoms with van der Waals surface area (Å²) >= 11 is 0. The predicted molar refractivity (Wildman–Crippen MR) is 25.9 cm³/mol. The highest BCUT2D eigenvalue weighted by Crippen LogP contribution is 1.86. The highest BCUT2D eigenvalue weighted by molar-refractivity contribution is 4.90. The molecular weight excluding hydrogens is 110 g/mol. The number of nitroso groups, excluding NO2 is 2. The first-order chi connectivity index (χ1) is 3.85. The zero-order chi connectivity index (χ0) is 6.41. The van der Waals surface area contributed by atoms with E-state index in [1.165, 1.54) is 6.07 Å². The molecule has 0 saturated heterocycles. The normalized spacial score (nSPS) is 11.4. The van der Waals surface area contributed by atoms with Gasteiger partial charge in [-0.2, -0.15) is 10.2 Å². The summed E-state index contributed by atoms with van der Waals surface area (Å²) in [4.78, 5) is 18.8. The number of hydrogen-bond acceptors (Lipinski definition) is 5. The molecular formula is C3H3N3O2. The Morgan fingerprint density at radius 1 is 1.62 bits per heavy atom. The van der Waals surface area contributed by atoms with Gasteiger partial charge in [-0.05, 0) is 5.18 Å². The maximum atomic E-state index is 9.45. The lowest BCUT2D eigenvalue weighted by atomic mass is 10.4. The van der Waals surface area contributed by atoms with E-state index < -0.39 is 6.04 Å². The number of hydrogen-bond donors (Lipinski definition) is 0. The summed E-state index contributed by atoms with van der Waals surface area (Å²) in [5.41, 5.74) is 0. The zero-order valence-electron chi connectivity index (χ0n) is 3.94. The molecule has 0 aromatic heterocycles. The lowest BCUT2D eigenvalue weighted by Gasteiger charge is -1.83. The van der Waals surface area contributed by atoms with Crippen LogP contribution in [0.2, 0.25) is 0 Å². The van der Waals surface area contributed by atoms with Gasteiger partial charge in [0.2, 0.25) is 6.04 Å². The van der Waals surface area contributed by atoms with Crippen LogP contribution in [0.25, 0.3) is 0 Å². The van der Waals surface area contributed by atoms with Gasteiger partial charge in [-0.3, -0.25) is 0 Å². The van der Waals surface area contributed by atoms with E-state index in [0.29, 0.717) is 0 Å². The van der Waals surface area contributed by atoms with Crippen LogP contribution in [0, 0.1) is 21.1 Å². The van der Waals surface area contributed by atoms with Crippen LogP contribution in [0.4, 0.5) is 0 Å². The fourth-order valence-corrected chi connectivity index (χ4v) is 0.168. The minimum Gasteiger partial charge on any atom is -0.196 e. The van der Waals surface area contributed by atoms with Crippen LogP contribution in [0.1, 0.15) is 0 Å². The molecule has 0 bridgehead atoms. The topological polar surface area (TPSA) is 82.7 Å². The third-order valence-electron chi connectivity index (χ3n) is 0.524. The molecule has 1 atom stereocenters. The van der Waals surface area contributed by atoms with Crippen molar-refractivity contribution in [3.05, 3.63) is 9.81 Å². The standard InChI is InChI=1S/C3H3N3O2/c4-1-3(6-8)2-5-7/h3H,2H2. The van der Waals surface area contributed by atoms with Crippen LogP contribution in [-0.4, -0.2) is 12.6 Å². The molecule has 8 heavy (non-hydrogen) atoms. The van der Waals surface area contributed by atoms with E-state index in [0.717, 1.165) is 0 Å². The van der Waals surface area contributed by atoms with Crippen molar-refractivity contribution in [1.82, 2.24) is 0 Å². The largest absolute Gasteiger partial charge is 0.200 e. The molecule has 0 amide bonds. The van der Waals surface area contributed by atoms with Gasteiger partial charge in [0.25, 0.3) is 0 Å². The van der Waals surface area contributed by atoms with E-state index >= 15 is 0 Å². The molecule has 0 aliphatic rings. The minimum atomic E-state index is -1.10. The highest BCUT2D eigenvalue weighted by atomic mass is 16.3. The van der Waals surface area contributed by atoms with E-state index in [-0.39, 0.29) is 6.54 Å². The van der Waals surface area contributed by atoms with Crippen LogP contribution < -0.4 is 0 Å². The third kappa shape index (κ3) is 1.97. The second-order valence-electron chi connectivity index (χ2n) is 1.06. The van der Waals surface area contributed by atoms with E-state index in [9.17, 15) is 9.81 Å². The first-order valence-corrected chi connectivity index (χ1v) is 1.86. The van der Waals surface area contributed by atoms with E-state index in [1.54, 1.807) is 0 Å². The molecule has 5 nitrogen and oxygen atoms in total. The second kappa shape index (κ2) is 3.87. The number of rotatable bonds is 3. The Labute approximate surface area is 45.3 Å². The molecule has 5 heteroatoms. The van der Waals surface area contributed by atoms with Gasteiger partial charge in [0.15, 0.2) is 0 Å². The fraction of sp³-hybridized carbons (Fsp3) is 0.667. The highest BCUT2D eigenvalue weighted by Gasteiger charge is 2.03. The Kier molecular flexibility index (Phi) is 3.23. The first-order valence-electron chi connectivity index (χ1n) is 1.86. The van der Waals surface area contributed by atoms with Gasteiger partial charge in [0.1, 0.15) is 6.54 Å². The third-order valence-corrected chi connectivity index (χ3v) is 0.524. The van der Waals surface area contributed by atoms with Crippen LogP contribution >= 0.6 is 0 Å². The van der Waals surface area contributed by atoms with Gasteiger partial charge in [0.05, 0.1) is 6.07 Å². The van der Waals surface area contributed by atoms with Crippen molar-refractivity contribution >= 4 is 0 Å². The van der Waals surface area contributed by atoms with Gasteiger partial charge >= 0.3 is 0 Å². The molecule has 0 heterocycles. The SMILES string of the molecule is N#CC(CN=O)N=O. The Morgan fingerprint density at radius 3 is 2.38 bits per heavy atom.